The molecule has 0 unspecified atom stereocenters. The molecule has 0 saturated carbocycles. The van der Waals surface area contributed by atoms with Crippen LogP contribution in [0.2, 0.25) is 0 Å². The molecule has 10 heteroatoms. The maximum atomic E-state index is 12.1. The lowest BCUT2D eigenvalue weighted by molar-refractivity contribution is -0.135. The van der Waals surface area contributed by atoms with Gasteiger partial charge in [0.2, 0.25) is 0 Å². The van der Waals surface area contributed by atoms with E-state index in [9.17, 15) is 21.6 Å². The van der Waals surface area contributed by atoms with Gasteiger partial charge in [0.05, 0.1) is 10.5 Å². The summed E-state index contributed by atoms with van der Waals surface area (Å²) in [7, 11) is -3.14. The van der Waals surface area contributed by atoms with E-state index in [4.69, 9.17) is 0 Å². The summed E-state index contributed by atoms with van der Waals surface area (Å²) in [6.07, 6.45) is -4.52. The number of unbranched alkanes of at least 4 members (excludes halogenated alkanes) is 1. The van der Waals surface area contributed by atoms with Crippen LogP contribution in [-0.4, -0.2) is 62.1 Å². The van der Waals surface area contributed by atoms with Gasteiger partial charge in [0.15, 0.2) is 15.8 Å². The number of alkyl halides is 3. The first-order valence-corrected chi connectivity index (χ1v) is 9.46. The molecular formula is C14H27F3IN3O2S. The molecule has 144 valence electrons. The minimum absolute atomic E-state index is 0. The Morgan fingerprint density at radius 3 is 2.42 bits per heavy atom. The lowest BCUT2D eigenvalue weighted by atomic mass is 10.2. The Balaban J connectivity index is 0.00000529. The standard InChI is InChI=1S/C14H26F3N3O2S.HI/c1-4-18-12(19-8-6-5-7-14(15,16)17)20-9-10-23(21,22)13(2,3)11-20;/h4-11H2,1-3H3,(H,18,19);1H. The molecule has 1 aliphatic heterocycles. The van der Waals surface area contributed by atoms with E-state index < -0.39 is 27.2 Å². The number of hydrogen-bond donors (Lipinski definition) is 1. The van der Waals surface area contributed by atoms with Crippen LogP contribution in [0.25, 0.3) is 0 Å². The van der Waals surface area contributed by atoms with Crippen molar-refractivity contribution in [1.29, 1.82) is 0 Å². The number of aliphatic imine (C=N–C) groups is 1. The molecule has 1 saturated heterocycles. The van der Waals surface area contributed by atoms with E-state index in [0.717, 1.165) is 0 Å². The van der Waals surface area contributed by atoms with E-state index in [1.54, 1.807) is 13.8 Å². The summed E-state index contributed by atoms with van der Waals surface area (Å²) >= 11 is 0. The van der Waals surface area contributed by atoms with Gasteiger partial charge in [-0.15, -0.1) is 24.0 Å². The maximum absolute atomic E-state index is 12.1. The summed E-state index contributed by atoms with van der Waals surface area (Å²) < 4.78 is 59.5. The molecule has 0 radical (unpaired) electrons. The Morgan fingerprint density at radius 2 is 1.92 bits per heavy atom. The third-order valence-corrected chi connectivity index (χ3v) is 6.34. The fraction of sp³-hybridized carbons (Fsp3) is 0.929. The highest BCUT2D eigenvalue weighted by Crippen LogP contribution is 2.24. The highest BCUT2D eigenvalue weighted by atomic mass is 127. The number of halogens is 4. The van der Waals surface area contributed by atoms with E-state index in [2.05, 4.69) is 10.3 Å². The first kappa shape index (κ1) is 23.7. The number of rotatable bonds is 5. The first-order chi connectivity index (χ1) is 10.5. The zero-order valence-corrected chi connectivity index (χ0v) is 17.5. The van der Waals surface area contributed by atoms with Crippen molar-refractivity contribution < 1.29 is 21.6 Å². The van der Waals surface area contributed by atoms with Crippen molar-refractivity contribution in [1.82, 2.24) is 10.2 Å². The van der Waals surface area contributed by atoms with Gasteiger partial charge in [-0.3, -0.25) is 4.99 Å². The molecule has 0 amide bonds. The summed E-state index contributed by atoms with van der Waals surface area (Å²) in [5.74, 6) is 0.626. The predicted octanol–water partition coefficient (Wildman–Crippen LogP) is 2.81. The molecule has 0 spiro atoms. The molecule has 1 fully saturated rings. The van der Waals surface area contributed by atoms with Gasteiger partial charge in [0.25, 0.3) is 0 Å². The van der Waals surface area contributed by atoms with E-state index in [-0.39, 0.29) is 36.2 Å². The monoisotopic (exact) mass is 485 g/mol. The summed E-state index contributed by atoms with van der Waals surface area (Å²) in [6, 6.07) is 0. The van der Waals surface area contributed by atoms with Crippen LogP contribution in [0.3, 0.4) is 0 Å². The Hall–Kier alpha value is -0.260. The predicted molar refractivity (Wildman–Crippen MR) is 101 cm³/mol. The highest BCUT2D eigenvalue weighted by molar-refractivity contribution is 14.0. The fourth-order valence-corrected chi connectivity index (χ4v) is 3.74. The number of guanidine groups is 1. The lowest BCUT2D eigenvalue weighted by Gasteiger charge is -2.39. The van der Waals surface area contributed by atoms with Crippen LogP contribution in [-0.2, 0) is 9.84 Å². The van der Waals surface area contributed by atoms with E-state index in [0.29, 0.717) is 38.6 Å². The molecular weight excluding hydrogens is 458 g/mol. The molecule has 5 nitrogen and oxygen atoms in total. The van der Waals surface area contributed by atoms with Gasteiger partial charge in [0.1, 0.15) is 0 Å². The summed E-state index contributed by atoms with van der Waals surface area (Å²) in [6.45, 7) is 6.84. The quantitative estimate of drug-likeness (QED) is 0.282. The molecule has 0 aromatic carbocycles. The van der Waals surface area contributed by atoms with Crippen LogP contribution < -0.4 is 5.32 Å². The molecule has 1 rings (SSSR count). The SMILES string of the molecule is CCNC(=NCCCCC(F)(F)F)N1CCS(=O)(=O)C(C)(C)C1.I. The molecule has 0 aromatic heterocycles. The van der Waals surface area contributed by atoms with Crippen LogP contribution >= 0.6 is 24.0 Å². The summed E-state index contributed by atoms with van der Waals surface area (Å²) in [5.41, 5.74) is 0. The Kier molecular flexibility index (Phi) is 9.34. The fourth-order valence-electron chi connectivity index (χ4n) is 2.37. The van der Waals surface area contributed by atoms with Crippen LogP contribution in [0.5, 0.6) is 0 Å². The van der Waals surface area contributed by atoms with Gasteiger partial charge in [-0.25, -0.2) is 8.42 Å². The Morgan fingerprint density at radius 1 is 1.29 bits per heavy atom. The minimum Gasteiger partial charge on any atom is -0.357 e. The number of nitrogens with one attached hydrogen (secondary N) is 1. The van der Waals surface area contributed by atoms with Crippen molar-refractivity contribution in [3.63, 3.8) is 0 Å². The zero-order chi connectivity index (χ0) is 17.7. The average Bonchev–Trinajstić information content (AvgIpc) is 2.39. The summed E-state index contributed by atoms with van der Waals surface area (Å²) in [4.78, 5) is 6.21. The van der Waals surface area contributed by atoms with Crippen molar-refractivity contribution in [3.8, 4) is 0 Å². The van der Waals surface area contributed by atoms with Crippen LogP contribution in [0.4, 0.5) is 13.2 Å². The van der Waals surface area contributed by atoms with Gasteiger partial charge in [-0.2, -0.15) is 13.2 Å². The highest BCUT2D eigenvalue weighted by Gasteiger charge is 2.40. The van der Waals surface area contributed by atoms with E-state index in [1.165, 1.54) is 0 Å². The van der Waals surface area contributed by atoms with Crippen molar-refractivity contribution in [3.05, 3.63) is 0 Å². The molecule has 0 aromatic rings. The Bertz CT molecular complexity index is 522. The van der Waals surface area contributed by atoms with Gasteiger partial charge in [0, 0.05) is 32.6 Å². The molecule has 1 heterocycles. The van der Waals surface area contributed by atoms with Crippen molar-refractivity contribution >= 4 is 39.8 Å². The van der Waals surface area contributed by atoms with E-state index >= 15 is 0 Å². The minimum atomic E-state index is -4.13. The molecule has 0 aliphatic carbocycles. The molecule has 1 N–H and O–H groups in total. The first-order valence-electron chi connectivity index (χ1n) is 7.81. The normalized spacial score (nSPS) is 20.4. The average molecular weight is 485 g/mol. The van der Waals surface area contributed by atoms with Gasteiger partial charge >= 0.3 is 6.18 Å². The smallest absolute Gasteiger partial charge is 0.357 e. The number of hydrogen-bond acceptors (Lipinski definition) is 3. The second kappa shape index (κ2) is 9.44. The van der Waals surface area contributed by atoms with Crippen LogP contribution in [0.15, 0.2) is 4.99 Å². The zero-order valence-electron chi connectivity index (χ0n) is 14.3. The maximum Gasteiger partial charge on any atom is 0.389 e. The van der Waals surface area contributed by atoms with Crippen LogP contribution in [0, 0.1) is 0 Å². The van der Waals surface area contributed by atoms with Crippen LogP contribution in [0.1, 0.15) is 40.0 Å². The molecule has 24 heavy (non-hydrogen) atoms. The lowest BCUT2D eigenvalue weighted by Crippen LogP contribution is -2.57. The van der Waals surface area contributed by atoms with Gasteiger partial charge in [-0.1, -0.05) is 0 Å². The van der Waals surface area contributed by atoms with E-state index in [1.807, 2.05) is 11.8 Å². The second-order valence-corrected chi connectivity index (χ2v) is 9.05. The second-order valence-electron chi connectivity index (χ2n) is 6.31. The van der Waals surface area contributed by atoms with Gasteiger partial charge in [-0.05, 0) is 33.6 Å². The topological polar surface area (TPSA) is 61.8 Å². The number of nitrogens with zero attached hydrogens (tertiary/aromatic N) is 2. The molecule has 0 bridgehead atoms. The van der Waals surface area contributed by atoms with Crippen molar-refractivity contribution in [2.75, 3.05) is 31.9 Å². The molecule has 1 aliphatic rings. The van der Waals surface area contributed by atoms with Gasteiger partial charge < -0.3 is 10.2 Å². The third-order valence-electron chi connectivity index (χ3n) is 3.81. The summed E-state index contributed by atoms with van der Waals surface area (Å²) in [5, 5.41) is 3.08. The number of sulfone groups is 1. The third kappa shape index (κ3) is 7.32. The Labute approximate surface area is 159 Å². The molecule has 0 atom stereocenters. The largest absolute Gasteiger partial charge is 0.389 e. The van der Waals surface area contributed by atoms with Crippen molar-refractivity contribution in [2.45, 2.75) is 51.0 Å². The van der Waals surface area contributed by atoms with Crippen molar-refractivity contribution in [2.24, 2.45) is 4.99 Å².